The third-order valence-electron chi connectivity index (χ3n) is 0.724. The van der Waals surface area contributed by atoms with Gasteiger partial charge < -0.3 is 4.90 Å². The molecule has 0 atom stereocenters. The highest BCUT2D eigenvalue weighted by molar-refractivity contribution is 7.78. The summed E-state index contributed by atoms with van der Waals surface area (Å²) < 4.78 is 0. The summed E-state index contributed by atoms with van der Waals surface area (Å²) in [5.41, 5.74) is 0. The van der Waals surface area contributed by atoms with Crippen molar-refractivity contribution in [2.75, 3.05) is 27.2 Å². The van der Waals surface area contributed by atoms with E-state index >= 15 is 0 Å². The van der Waals surface area contributed by atoms with Crippen molar-refractivity contribution >= 4 is 17.4 Å². The fourth-order valence-electron chi connectivity index (χ4n) is 0.296. The molecule has 0 aromatic heterocycles. The van der Waals surface area contributed by atoms with Gasteiger partial charge in [-0.3, -0.25) is 0 Å². The van der Waals surface area contributed by atoms with E-state index in [-0.39, 0.29) is 0 Å². The predicted molar refractivity (Wildman–Crippen MR) is 38.4 cm³/mol. The van der Waals surface area contributed by atoms with E-state index in [0.717, 1.165) is 13.1 Å². The van der Waals surface area contributed by atoms with E-state index in [1.807, 2.05) is 14.1 Å². The van der Waals surface area contributed by atoms with Crippen molar-refractivity contribution in [3.05, 3.63) is 0 Å². The smallest absolute Gasteiger partial charge is 0.0619 e. The molecule has 2 nitrogen and oxygen atoms in total. The lowest BCUT2D eigenvalue weighted by atomic mass is 10.6. The van der Waals surface area contributed by atoms with E-state index in [9.17, 15) is 0 Å². The third-order valence-corrected chi connectivity index (χ3v) is 0.853. The van der Waals surface area contributed by atoms with E-state index in [2.05, 4.69) is 27.3 Å². The highest BCUT2D eigenvalue weighted by Gasteiger charge is 1.83. The molecule has 0 unspecified atom stereocenters. The summed E-state index contributed by atoms with van der Waals surface area (Å²) in [5.74, 6) is 0. The molecule has 8 heavy (non-hydrogen) atoms. The Kier molecular flexibility index (Phi) is 4.76. The van der Waals surface area contributed by atoms with Crippen LogP contribution in [-0.2, 0) is 0 Å². The summed E-state index contributed by atoms with van der Waals surface area (Å²) in [6.45, 7) is 1.71. The van der Waals surface area contributed by atoms with E-state index in [1.54, 1.807) is 0 Å². The van der Waals surface area contributed by atoms with Gasteiger partial charge in [-0.15, -0.1) is 0 Å². The Labute approximate surface area is 55.2 Å². The lowest BCUT2D eigenvalue weighted by Gasteiger charge is -2.03. The largest absolute Gasteiger partial charge is 0.308 e. The number of thiocarbonyl (C=S) groups is 1. The van der Waals surface area contributed by atoms with Gasteiger partial charge in [-0.05, 0) is 26.3 Å². The minimum atomic E-state index is 0.760. The van der Waals surface area contributed by atoms with E-state index in [4.69, 9.17) is 0 Å². The quantitative estimate of drug-likeness (QED) is 0.412. The molecule has 0 aliphatic rings. The van der Waals surface area contributed by atoms with Crippen LogP contribution in [0.4, 0.5) is 0 Å². The van der Waals surface area contributed by atoms with Gasteiger partial charge in [0.2, 0.25) is 0 Å². The van der Waals surface area contributed by atoms with Crippen LogP contribution in [0.3, 0.4) is 0 Å². The average molecular weight is 130 g/mol. The van der Waals surface area contributed by atoms with E-state index in [1.165, 1.54) is 0 Å². The van der Waals surface area contributed by atoms with Gasteiger partial charge in [-0.2, -0.15) is 0 Å². The highest BCUT2D eigenvalue weighted by atomic mass is 32.1. The molecule has 0 rings (SSSR count). The molecular formula is C5H10N2S. The van der Waals surface area contributed by atoms with Crippen molar-refractivity contribution in [2.45, 2.75) is 0 Å². The molecule has 0 radical (unpaired) electrons. The lowest BCUT2D eigenvalue weighted by Crippen LogP contribution is -2.15. The van der Waals surface area contributed by atoms with Crippen LogP contribution in [0, 0.1) is 0 Å². The Morgan fingerprint density at radius 3 is 2.62 bits per heavy atom. The molecule has 0 aliphatic carbocycles. The number of rotatable bonds is 3. The molecule has 0 amide bonds. The van der Waals surface area contributed by atoms with Gasteiger partial charge in [0.1, 0.15) is 0 Å². The number of isothiocyanates is 1. The van der Waals surface area contributed by atoms with Crippen molar-refractivity contribution in [1.82, 2.24) is 4.90 Å². The number of hydrogen-bond donors (Lipinski definition) is 0. The number of aliphatic imine (C=N–C) groups is 1. The SMILES string of the molecule is CN(C)CCN=C=S. The zero-order valence-corrected chi connectivity index (χ0v) is 6.03. The Morgan fingerprint density at radius 2 is 2.25 bits per heavy atom. The van der Waals surface area contributed by atoms with Gasteiger partial charge in [0.25, 0.3) is 0 Å². The highest BCUT2D eigenvalue weighted by Crippen LogP contribution is 1.72. The Hall–Kier alpha value is -0.240. The average Bonchev–Trinajstić information content (AvgIpc) is 1.66. The molecule has 0 aromatic carbocycles. The van der Waals surface area contributed by atoms with Crippen LogP contribution in [0.15, 0.2) is 4.99 Å². The van der Waals surface area contributed by atoms with E-state index in [0.29, 0.717) is 0 Å². The number of hydrogen-bond acceptors (Lipinski definition) is 3. The van der Waals surface area contributed by atoms with Gasteiger partial charge in [-0.25, -0.2) is 4.99 Å². The van der Waals surface area contributed by atoms with Crippen molar-refractivity contribution in [1.29, 1.82) is 0 Å². The maximum Gasteiger partial charge on any atom is 0.0619 e. The van der Waals surface area contributed by atoms with Crippen LogP contribution in [0.5, 0.6) is 0 Å². The minimum absolute atomic E-state index is 0.760. The molecule has 0 spiro atoms. The molecule has 0 aliphatic heterocycles. The summed E-state index contributed by atoms with van der Waals surface area (Å²) in [6.07, 6.45) is 0. The van der Waals surface area contributed by atoms with Crippen molar-refractivity contribution in [2.24, 2.45) is 4.99 Å². The molecule has 46 valence electrons. The Bertz CT molecular complexity index is 94.6. The summed E-state index contributed by atoms with van der Waals surface area (Å²) in [4.78, 5) is 5.79. The molecule has 0 saturated heterocycles. The molecule has 3 heteroatoms. The summed E-state index contributed by atoms with van der Waals surface area (Å²) in [5, 5.41) is 2.30. The van der Waals surface area contributed by atoms with Crippen molar-refractivity contribution < 1.29 is 0 Å². The fraction of sp³-hybridized carbons (Fsp3) is 0.800. The summed E-state index contributed by atoms with van der Waals surface area (Å²) in [7, 11) is 4.00. The van der Waals surface area contributed by atoms with Gasteiger partial charge in [0.05, 0.1) is 11.7 Å². The molecule has 0 fully saturated rings. The van der Waals surface area contributed by atoms with Crippen molar-refractivity contribution in [3.8, 4) is 0 Å². The van der Waals surface area contributed by atoms with Crippen LogP contribution in [-0.4, -0.2) is 37.2 Å². The van der Waals surface area contributed by atoms with Crippen LogP contribution in [0.1, 0.15) is 0 Å². The Balaban J connectivity index is 3.05. The molecule has 0 heterocycles. The maximum absolute atomic E-state index is 4.37. The van der Waals surface area contributed by atoms with Crippen LogP contribution in [0.25, 0.3) is 0 Å². The van der Waals surface area contributed by atoms with E-state index < -0.39 is 0 Å². The minimum Gasteiger partial charge on any atom is -0.308 e. The van der Waals surface area contributed by atoms with Crippen LogP contribution >= 0.6 is 12.2 Å². The standard InChI is InChI=1S/C5H10N2S/c1-7(2)4-3-6-5-8/h3-4H2,1-2H3. The van der Waals surface area contributed by atoms with Gasteiger partial charge >= 0.3 is 0 Å². The maximum atomic E-state index is 4.37. The zero-order valence-electron chi connectivity index (χ0n) is 5.22. The molecule has 0 N–H and O–H groups in total. The predicted octanol–water partition coefficient (Wildman–Crippen LogP) is 0.651. The topological polar surface area (TPSA) is 15.6 Å². The van der Waals surface area contributed by atoms with Crippen LogP contribution < -0.4 is 0 Å². The normalized spacial score (nSPS) is 8.88. The van der Waals surface area contributed by atoms with Crippen LogP contribution in [0.2, 0.25) is 0 Å². The summed E-state index contributed by atoms with van der Waals surface area (Å²) >= 11 is 4.37. The molecule has 0 aromatic rings. The van der Waals surface area contributed by atoms with Gasteiger partial charge in [0.15, 0.2) is 0 Å². The second kappa shape index (κ2) is 4.91. The zero-order chi connectivity index (χ0) is 6.41. The molecule has 0 bridgehead atoms. The monoisotopic (exact) mass is 130 g/mol. The molecule has 0 saturated carbocycles. The van der Waals surface area contributed by atoms with Gasteiger partial charge in [0, 0.05) is 6.54 Å². The second-order valence-electron chi connectivity index (χ2n) is 1.78. The third kappa shape index (κ3) is 5.76. The number of likely N-dealkylation sites (N-methyl/N-ethyl adjacent to an activating group) is 1. The first-order chi connectivity index (χ1) is 3.77. The second-order valence-corrected chi connectivity index (χ2v) is 1.96. The molecular weight excluding hydrogens is 120 g/mol. The summed E-state index contributed by atoms with van der Waals surface area (Å²) in [6, 6.07) is 0. The number of nitrogens with zero attached hydrogens (tertiary/aromatic N) is 2. The first kappa shape index (κ1) is 7.76. The van der Waals surface area contributed by atoms with Crippen molar-refractivity contribution in [3.63, 3.8) is 0 Å². The first-order valence-corrected chi connectivity index (χ1v) is 2.86. The Morgan fingerprint density at radius 1 is 1.62 bits per heavy atom. The lowest BCUT2D eigenvalue weighted by molar-refractivity contribution is 0.421. The first-order valence-electron chi connectivity index (χ1n) is 2.45. The van der Waals surface area contributed by atoms with Gasteiger partial charge in [-0.1, -0.05) is 0 Å². The fourth-order valence-corrected chi connectivity index (χ4v) is 0.387.